The molecule has 0 aliphatic heterocycles. The number of allylic oxidation sites excluding steroid dienone is 11. The number of rotatable bonds is 26. The van der Waals surface area contributed by atoms with E-state index in [1.54, 1.807) is 6.08 Å². The summed E-state index contributed by atoms with van der Waals surface area (Å²) in [7, 11) is -4.36. The monoisotopic (exact) mass is 591 g/mol. The minimum Gasteiger partial charge on any atom is -0.387 e. The highest BCUT2D eigenvalue weighted by atomic mass is 32.2. The van der Waals surface area contributed by atoms with Crippen molar-refractivity contribution < 1.29 is 22.9 Å². The third-order valence-electron chi connectivity index (χ3n) is 6.34. The predicted octanol–water partition coefficient (Wildman–Crippen LogP) is 8.34. The van der Waals surface area contributed by atoms with E-state index in [2.05, 4.69) is 79.9 Å². The molecule has 0 aromatic heterocycles. The van der Waals surface area contributed by atoms with Crippen LogP contribution in [0, 0.1) is 0 Å². The summed E-state index contributed by atoms with van der Waals surface area (Å²) in [5, 5.41) is 13.1. The van der Waals surface area contributed by atoms with Gasteiger partial charge in [0, 0.05) is 6.42 Å². The number of aliphatic hydroxyl groups is 1. The van der Waals surface area contributed by atoms with E-state index in [0.29, 0.717) is 12.8 Å². The van der Waals surface area contributed by atoms with Crippen molar-refractivity contribution in [2.45, 2.75) is 129 Å². The second kappa shape index (κ2) is 27.9. The largest absolute Gasteiger partial charge is 0.387 e. The summed E-state index contributed by atoms with van der Waals surface area (Å²) >= 11 is 0. The molecule has 0 saturated carbocycles. The fourth-order valence-corrected chi connectivity index (χ4v) is 4.76. The Labute approximate surface area is 251 Å². The van der Waals surface area contributed by atoms with Crippen LogP contribution in [0.4, 0.5) is 0 Å². The molecule has 0 spiro atoms. The Morgan fingerprint density at radius 2 is 1.20 bits per heavy atom. The molecular weight excluding hydrogens is 534 g/mol. The van der Waals surface area contributed by atoms with Crippen LogP contribution in [0.15, 0.2) is 72.9 Å². The number of carbonyl (C=O) groups excluding carboxylic acids is 1. The maximum absolute atomic E-state index is 12.4. The Morgan fingerprint density at radius 1 is 0.683 bits per heavy atom. The minimum absolute atomic E-state index is 0.245. The van der Waals surface area contributed by atoms with Crippen LogP contribution in [-0.4, -0.2) is 41.9 Å². The normalized spacial score (nSPS) is 14.5. The van der Waals surface area contributed by atoms with E-state index in [1.807, 2.05) is 0 Å². The van der Waals surface area contributed by atoms with Crippen molar-refractivity contribution in [3.63, 3.8) is 0 Å². The minimum atomic E-state index is -4.36. The van der Waals surface area contributed by atoms with Gasteiger partial charge in [0.1, 0.15) is 0 Å². The van der Waals surface area contributed by atoms with Gasteiger partial charge in [0.2, 0.25) is 5.91 Å². The van der Waals surface area contributed by atoms with E-state index < -0.39 is 28.0 Å². The van der Waals surface area contributed by atoms with Gasteiger partial charge in [-0.3, -0.25) is 9.35 Å². The van der Waals surface area contributed by atoms with Gasteiger partial charge in [0.05, 0.1) is 17.9 Å². The van der Waals surface area contributed by atoms with Crippen molar-refractivity contribution in [2.24, 2.45) is 0 Å². The second-order valence-corrected chi connectivity index (χ2v) is 11.8. The Hall–Kier alpha value is -2.22. The van der Waals surface area contributed by atoms with Crippen molar-refractivity contribution >= 4 is 16.0 Å². The first-order valence-electron chi connectivity index (χ1n) is 15.6. The number of hydrogen-bond acceptors (Lipinski definition) is 4. The topological polar surface area (TPSA) is 104 Å². The smallest absolute Gasteiger partial charge is 0.267 e. The molecule has 0 aliphatic carbocycles. The van der Waals surface area contributed by atoms with E-state index in [1.165, 1.54) is 25.3 Å². The van der Waals surface area contributed by atoms with Crippen molar-refractivity contribution in [3.8, 4) is 0 Å². The molecule has 0 aromatic rings. The van der Waals surface area contributed by atoms with Crippen LogP contribution in [0.3, 0.4) is 0 Å². The first-order chi connectivity index (χ1) is 19.8. The van der Waals surface area contributed by atoms with E-state index in [4.69, 9.17) is 0 Å². The number of amides is 1. The van der Waals surface area contributed by atoms with Crippen LogP contribution in [0.25, 0.3) is 0 Å². The molecule has 0 bridgehead atoms. The zero-order valence-corrected chi connectivity index (χ0v) is 26.4. The first kappa shape index (κ1) is 38.8. The quantitative estimate of drug-likeness (QED) is 0.0533. The van der Waals surface area contributed by atoms with Gasteiger partial charge >= 0.3 is 0 Å². The molecule has 2 unspecified atom stereocenters. The van der Waals surface area contributed by atoms with Crippen LogP contribution >= 0.6 is 0 Å². The van der Waals surface area contributed by atoms with Crippen LogP contribution < -0.4 is 5.32 Å². The lowest BCUT2D eigenvalue weighted by atomic mass is 10.1. The van der Waals surface area contributed by atoms with Crippen molar-refractivity contribution in [2.75, 3.05) is 5.75 Å². The van der Waals surface area contributed by atoms with Gasteiger partial charge in [-0.05, 0) is 77.0 Å². The highest BCUT2D eigenvalue weighted by Crippen LogP contribution is 2.08. The average molecular weight is 592 g/mol. The molecule has 7 heteroatoms. The van der Waals surface area contributed by atoms with Gasteiger partial charge in [-0.2, -0.15) is 8.42 Å². The fourth-order valence-electron chi connectivity index (χ4n) is 4.02. The molecule has 0 aromatic carbocycles. The summed E-state index contributed by atoms with van der Waals surface area (Å²) in [6.45, 7) is 4.33. The second-order valence-electron chi connectivity index (χ2n) is 10.3. The molecular formula is C34H57NO5S. The lowest BCUT2D eigenvalue weighted by molar-refractivity contribution is -0.122. The molecule has 0 radical (unpaired) electrons. The molecule has 2 atom stereocenters. The van der Waals surface area contributed by atoms with Gasteiger partial charge in [-0.25, -0.2) is 0 Å². The molecule has 3 N–H and O–H groups in total. The molecule has 41 heavy (non-hydrogen) atoms. The summed E-state index contributed by atoms with van der Waals surface area (Å²) in [6, 6.07) is -1.10. The predicted molar refractivity (Wildman–Crippen MR) is 174 cm³/mol. The van der Waals surface area contributed by atoms with E-state index in [-0.39, 0.29) is 12.3 Å². The van der Waals surface area contributed by atoms with Gasteiger partial charge in [0.15, 0.2) is 0 Å². The van der Waals surface area contributed by atoms with Gasteiger partial charge in [-0.15, -0.1) is 0 Å². The first-order valence-corrected chi connectivity index (χ1v) is 17.2. The van der Waals surface area contributed by atoms with Gasteiger partial charge < -0.3 is 10.4 Å². The van der Waals surface area contributed by atoms with E-state index in [9.17, 15) is 22.9 Å². The van der Waals surface area contributed by atoms with Crippen molar-refractivity contribution in [1.29, 1.82) is 0 Å². The maximum Gasteiger partial charge on any atom is 0.267 e. The Morgan fingerprint density at radius 3 is 1.78 bits per heavy atom. The van der Waals surface area contributed by atoms with Crippen LogP contribution in [-0.2, 0) is 14.9 Å². The lowest BCUT2D eigenvalue weighted by Crippen LogP contribution is -2.46. The number of nitrogens with one attached hydrogen (secondary N) is 1. The average Bonchev–Trinajstić information content (AvgIpc) is 2.92. The molecule has 0 rings (SSSR count). The fraction of sp³-hybridized carbons (Fsp3) is 0.618. The summed E-state index contributed by atoms with van der Waals surface area (Å²) < 4.78 is 32.2. The number of aliphatic hydroxyl groups excluding tert-OH is 1. The lowest BCUT2D eigenvalue weighted by Gasteiger charge is -2.21. The van der Waals surface area contributed by atoms with Gasteiger partial charge in [0.25, 0.3) is 10.1 Å². The molecule has 1 amide bonds. The maximum atomic E-state index is 12.4. The van der Waals surface area contributed by atoms with Crippen LogP contribution in [0.2, 0.25) is 0 Å². The molecule has 234 valence electrons. The third-order valence-corrected chi connectivity index (χ3v) is 7.12. The van der Waals surface area contributed by atoms with Crippen LogP contribution in [0.1, 0.15) is 117 Å². The number of carbonyl (C=O) groups is 1. The van der Waals surface area contributed by atoms with Gasteiger partial charge in [-0.1, -0.05) is 106 Å². The van der Waals surface area contributed by atoms with E-state index in [0.717, 1.165) is 64.2 Å². The highest BCUT2D eigenvalue weighted by Gasteiger charge is 2.24. The zero-order chi connectivity index (χ0) is 30.4. The van der Waals surface area contributed by atoms with E-state index >= 15 is 0 Å². The third kappa shape index (κ3) is 29.1. The summed E-state index contributed by atoms with van der Waals surface area (Å²) in [5.74, 6) is -1.06. The van der Waals surface area contributed by atoms with Crippen LogP contribution in [0.5, 0.6) is 0 Å². The molecule has 0 saturated heterocycles. The van der Waals surface area contributed by atoms with Crippen molar-refractivity contribution in [3.05, 3.63) is 72.9 Å². The molecule has 0 aliphatic rings. The Balaban J connectivity index is 4.26. The molecule has 0 fully saturated rings. The zero-order valence-electron chi connectivity index (χ0n) is 25.6. The number of unbranched alkanes of at least 4 members (excludes halogenated alkanes) is 8. The summed E-state index contributed by atoms with van der Waals surface area (Å²) in [5.41, 5.74) is 0. The highest BCUT2D eigenvalue weighted by molar-refractivity contribution is 7.85. The summed E-state index contributed by atoms with van der Waals surface area (Å²) in [4.78, 5) is 12.4. The Bertz CT molecular complexity index is 915. The molecule has 6 nitrogen and oxygen atoms in total. The molecule has 0 heterocycles. The SMILES string of the molecule is CC/C=C\C/C=C\C/C=C\CCCCCC(=O)NC(CS(=O)(=O)O)C(O)/C=C/CC/C=C/CC/C=C/CCCCC. The summed E-state index contributed by atoms with van der Waals surface area (Å²) in [6.07, 6.45) is 38.8. The standard InChI is InChI=1S/C34H57NO5S/c1-3-5-7-9-11-13-15-17-19-21-23-25-27-29-33(36)32(31-41(38,39)40)35-34(37)30-28-26-24-22-20-18-16-14-12-10-8-6-4-2/h6,8,11-14,18-21,27,29,32-33,36H,3-5,7,9-10,15-17,22-26,28,30-31H2,1-2H3,(H,35,37)(H,38,39,40)/b8-6-,13-11+,14-12-,20-18-,21-19+,29-27+. The number of hydrogen-bond donors (Lipinski definition) is 3. The Kier molecular flexibility index (Phi) is 26.4. The van der Waals surface area contributed by atoms with Crippen molar-refractivity contribution in [1.82, 2.24) is 5.32 Å².